The SMILES string of the molecule is CC(=O)Nc1nc(C(C)(C)C)c(C(C)(C)C)[nH]1. The minimum Gasteiger partial charge on any atom is -0.327 e. The Balaban J connectivity index is 3.27. The lowest BCUT2D eigenvalue weighted by Gasteiger charge is -2.24. The third kappa shape index (κ3) is 3.32. The summed E-state index contributed by atoms with van der Waals surface area (Å²) in [6, 6.07) is 0. The van der Waals surface area contributed by atoms with Crippen molar-refractivity contribution in [1.82, 2.24) is 9.97 Å². The molecule has 0 aliphatic heterocycles. The van der Waals surface area contributed by atoms with E-state index in [9.17, 15) is 4.79 Å². The molecule has 0 saturated heterocycles. The van der Waals surface area contributed by atoms with Gasteiger partial charge in [0.1, 0.15) is 0 Å². The van der Waals surface area contributed by atoms with Crippen molar-refractivity contribution >= 4 is 11.9 Å². The molecule has 1 aromatic heterocycles. The van der Waals surface area contributed by atoms with Gasteiger partial charge in [0.05, 0.1) is 5.69 Å². The van der Waals surface area contributed by atoms with Gasteiger partial charge in [-0.3, -0.25) is 10.1 Å². The Kier molecular flexibility index (Phi) is 3.37. The number of hydrogen-bond acceptors (Lipinski definition) is 2. The van der Waals surface area contributed by atoms with Crippen molar-refractivity contribution in [2.24, 2.45) is 0 Å². The molecule has 1 rings (SSSR count). The molecule has 0 bridgehead atoms. The third-order valence-electron chi connectivity index (χ3n) is 2.46. The second-order valence-corrected chi connectivity index (χ2v) is 6.49. The van der Waals surface area contributed by atoms with Crippen molar-refractivity contribution in [1.29, 1.82) is 0 Å². The molecule has 0 aliphatic carbocycles. The van der Waals surface area contributed by atoms with Crippen molar-refractivity contribution in [3.05, 3.63) is 11.4 Å². The van der Waals surface area contributed by atoms with Crippen LogP contribution in [0.25, 0.3) is 0 Å². The Labute approximate surface area is 103 Å². The summed E-state index contributed by atoms with van der Waals surface area (Å²) in [4.78, 5) is 18.8. The molecule has 1 aromatic rings. The van der Waals surface area contributed by atoms with E-state index in [4.69, 9.17) is 0 Å². The van der Waals surface area contributed by atoms with Crippen LogP contribution in [0.15, 0.2) is 0 Å². The second kappa shape index (κ2) is 4.17. The molecule has 1 amide bonds. The molecule has 0 fully saturated rings. The normalized spacial score (nSPS) is 12.6. The zero-order valence-electron chi connectivity index (χ0n) is 11.9. The molecular weight excluding hydrogens is 214 g/mol. The first-order valence-electron chi connectivity index (χ1n) is 5.90. The summed E-state index contributed by atoms with van der Waals surface area (Å²) in [5.41, 5.74) is 2.02. The standard InChI is InChI=1S/C13H23N3O/c1-8(17)14-11-15-9(12(2,3)4)10(16-11)13(5,6)7/h1-7H3,(H2,14,15,16,17). The van der Waals surface area contributed by atoms with E-state index < -0.39 is 0 Å². The van der Waals surface area contributed by atoms with E-state index in [0.717, 1.165) is 11.4 Å². The van der Waals surface area contributed by atoms with Gasteiger partial charge in [0.15, 0.2) is 0 Å². The number of aromatic nitrogens is 2. The number of rotatable bonds is 1. The zero-order valence-corrected chi connectivity index (χ0v) is 11.9. The predicted molar refractivity (Wildman–Crippen MR) is 70.3 cm³/mol. The number of aromatic amines is 1. The lowest BCUT2D eigenvalue weighted by atomic mass is 9.82. The summed E-state index contributed by atoms with van der Waals surface area (Å²) in [5.74, 6) is 0.423. The van der Waals surface area contributed by atoms with Gasteiger partial charge in [0.2, 0.25) is 11.9 Å². The van der Waals surface area contributed by atoms with Crippen LogP contribution in [0.3, 0.4) is 0 Å². The Bertz CT molecular complexity index is 387. The number of hydrogen-bond donors (Lipinski definition) is 2. The average molecular weight is 237 g/mol. The van der Waals surface area contributed by atoms with Gasteiger partial charge in [-0.1, -0.05) is 41.5 Å². The number of nitrogens with one attached hydrogen (secondary N) is 2. The molecule has 2 N–H and O–H groups in total. The molecule has 96 valence electrons. The van der Waals surface area contributed by atoms with Crippen LogP contribution >= 0.6 is 0 Å². The van der Waals surface area contributed by atoms with Gasteiger partial charge in [0.25, 0.3) is 0 Å². The quantitative estimate of drug-likeness (QED) is 0.789. The Hall–Kier alpha value is -1.32. The fourth-order valence-corrected chi connectivity index (χ4v) is 1.68. The first-order chi connectivity index (χ1) is 7.51. The lowest BCUT2D eigenvalue weighted by molar-refractivity contribution is -0.114. The van der Waals surface area contributed by atoms with Crippen LogP contribution in [0.1, 0.15) is 59.9 Å². The van der Waals surface area contributed by atoms with Crippen LogP contribution < -0.4 is 5.32 Å². The molecule has 4 heteroatoms. The van der Waals surface area contributed by atoms with Crippen molar-refractivity contribution in [2.75, 3.05) is 5.32 Å². The molecular formula is C13H23N3O. The van der Waals surface area contributed by atoms with Crippen LogP contribution in [0, 0.1) is 0 Å². The van der Waals surface area contributed by atoms with Crippen LogP contribution in [0.4, 0.5) is 5.95 Å². The average Bonchev–Trinajstić information content (AvgIpc) is 2.44. The highest BCUT2D eigenvalue weighted by molar-refractivity contribution is 5.86. The molecule has 0 radical (unpaired) electrons. The maximum atomic E-state index is 11.1. The van der Waals surface area contributed by atoms with Gasteiger partial charge in [-0.25, -0.2) is 4.98 Å². The van der Waals surface area contributed by atoms with Crippen LogP contribution in [-0.2, 0) is 15.6 Å². The van der Waals surface area contributed by atoms with E-state index in [1.54, 1.807) is 0 Å². The van der Waals surface area contributed by atoms with Gasteiger partial charge in [-0.15, -0.1) is 0 Å². The summed E-state index contributed by atoms with van der Waals surface area (Å²) in [6.45, 7) is 14.2. The number of nitrogens with zero attached hydrogens (tertiary/aromatic N) is 1. The highest BCUT2D eigenvalue weighted by atomic mass is 16.1. The first kappa shape index (κ1) is 13.7. The van der Waals surface area contributed by atoms with E-state index in [1.807, 2.05) is 0 Å². The summed E-state index contributed by atoms with van der Waals surface area (Å²) in [6.07, 6.45) is 0. The van der Waals surface area contributed by atoms with E-state index >= 15 is 0 Å². The van der Waals surface area contributed by atoms with Crippen molar-refractivity contribution in [3.8, 4) is 0 Å². The molecule has 1 heterocycles. The van der Waals surface area contributed by atoms with E-state index in [0.29, 0.717) is 5.95 Å². The first-order valence-corrected chi connectivity index (χ1v) is 5.90. The minimum atomic E-state index is -0.111. The molecule has 0 saturated carbocycles. The summed E-state index contributed by atoms with van der Waals surface area (Å²) >= 11 is 0. The van der Waals surface area contributed by atoms with Crippen molar-refractivity contribution in [3.63, 3.8) is 0 Å². The molecule has 4 nitrogen and oxygen atoms in total. The third-order valence-corrected chi connectivity index (χ3v) is 2.46. The van der Waals surface area contributed by atoms with E-state index in [-0.39, 0.29) is 16.7 Å². The maximum Gasteiger partial charge on any atom is 0.223 e. The summed E-state index contributed by atoms with van der Waals surface area (Å²) in [5, 5.41) is 2.70. The number of imidazole rings is 1. The largest absolute Gasteiger partial charge is 0.327 e. The van der Waals surface area contributed by atoms with Gasteiger partial charge < -0.3 is 4.98 Å². The molecule has 0 aliphatic rings. The maximum absolute atomic E-state index is 11.1. The Morgan fingerprint density at radius 1 is 1.12 bits per heavy atom. The monoisotopic (exact) mass is 237 g/mol. The Morgan fingerprint density at radius 2 is 1.65 bits per heavy atom. The fourth-order valence-electron chi connectivity index (χ4n) is 1.68. The van der Waals surface area contributed by atoms with Crippen molar-refractivity contribution in [2.45, 2.75) is 59.3 Å². The number of amides is 1. The van der Waals surface area contributed by atoms with Gasteiger partial charge in [-0.2, -0.15) is 0 Å². The highest BCUT2D eigenvalue weighted by Crippen LogP contribution is 2.32. The van der Waals surface area contributed by atoms with Gasteiger partial charge in [-0.05, 0) is 0 Å². The second-order valence-electron chi connectivity index (χ2n) is 6.49. The van der Waals surface area contributed by atoms with Crippen LogP contribution in [0.2, 0.25) is 0 Å². The number of anilines is 1. The number of carbonyl (C=O) groups is 1. The van der Waals surface area contributed by atoms with Crippen molar-refractivity contribution < 1.29 is 4.79 Å². The molecule has 0 unspecified atom stereocenters. The topological polar surface area (TPSA) is 57.8 Å². The van der Waals surface area contributed by atoms with E-state index in [2.05, 4.69) is 56.8 Å². The smallest absolute Gasteiger partial charge is 0.223 e. The summed E-state index contributed by atoms with van der Waals surface area (Å²) in [7, 11) is 0. The highest BCUT2D eigenvalue weighted by Gasteiger charge is 2.29. The molecule has 0 spiro atoms. The number of carbonyl (C=O) groups excluding carboxylic acids is 1. The van der Waals surface area contributed by atoms with E-state index in [1.165, 1.54) is 6.92 Å². The molecule has 0 atom stereocenters. The van der Waals surface area contributed by atoms with Crippen LogP contribution in [0.5, 0.6) is 0 Å². The molecule has 0 aromatic carbocycles. The lowest BCUT2D eigenvalue weighted by Crippen LogP contribution is -2.21. The Morgan fingerprint density at radius 3 is 1.94 bits per heavy atom. The minimum absolute atomic E-state index is 0.0215. The summed E-state index contributed by atoms with van der Waals surface area (Å²) < 4.78 is 0. The van der Waals surface area contributed by atoms with Crippen LogP contribution in [-0.4, -0.2) is 15.9 Å². The predicted octanol–water partition coefficient (Wildman–Crippen LogP) is 2.96. The fraction of sp³-hybridized carbons (Fsp3) is 0.692. The number of H-pyrrole nitrogens is 1. The van der Waals surface area contributed by atoms with Gasteiger partial charge >= 0.3 is 0 Å². The molecule has 17 heavy (non-hydrogen) atoms. The zero-order chi connectivity index (χ0) is 13.4. The van der Waals surface area contributed by atoms with Gasteiger partial charge in [0, 0.05) is 23.4 Å².